The van der Waals surface area contributed by atoms with Gasteiger partial charge in [0.05, 0.1) is 27.0 Å². The third kappa shape index (κ3) is 4.49. The lowest BCUT2D eigenvalue weighted by atomic mass is 10.2. The molecule has 0 spiro atoms. The molecule has 0 aliphatic heterocycles. The second-order valence-electron chi connectivity index (χ2n) is 4.33. The van der Waals surface area contributed by atoms with Crippen molar-refractivity contribution >= 4 is 22.1 Å². The quantitative estimate of drug-likeness (QED) is 0.640. The molecule has 1 N–H and O–H groups in total. The number of hydrazone groups is 1. The second kappa shape index (κ2) is 7.69. The SMILES string of the molecule is COc1ccc(CN/N=C\c2ccc(Br)cc2)cc1OC. The van der Waals surface area contributed by atoms with E-state index in [1.165, 1.54) is 0 Å². The average molecular weight is 349 g/mol. The molecular weight excluding hydrogens is 332 g/mol. The first-order valence-corrected chi connectivity index (χ1v) is 7.24. The van der Waals surface area contributed by atoms with E-state index < -0.39 is 0 Å². The summed E-state index contributed by atoms with van der Waals surface area (Å²) in [4.78, 5) is 0. The second-order valence-corrected chi connectivity index (χ2v) is 5.25. The average Bonchev–Trinajstić information content (AvgIpc) is 2.53. The largest absolute Gasteiger partial charge is 0.493 e. The van der Waals surface area contributed by atoms with Crippen LogP contribution in [0.2, 0.25) is 0 Å². The van der Waals surface area contributed by atoms with Crippen LogP contribution in [0, 0.1) is 0 Å². The number of rotatable bonds is 6. The van der Waals surface area contributed by atoms with Crippen molar-refractivity contribution in [3.63, 3.8) is 0 Å². The Balaban J connectivity index is 1.92. The van der Waals surface area contributed by atoms with Crippen molar-refractivity contribution < 1.29 is 9.47 Å². The van der Waals surface area contributed by atoms with Crippen LogP contribution >= 0.6 is 15.9 Å². The number of halogens is 1. The first-order chi connectivity index (χ1) is 10.2. The van der Waals surface area contributed by atoms with Gasteiger partial charge in [-0.3, -0.25) is 0 Å². The molecule has 0 aliphatic rings. The normalized spacial score (nSPS) is 10.6. The Bertz CT molecular complexity index is 612. The Morgan fingerprint density at radius 2 is 1.76 bits per heavy atom. The van der Waals surface area contributed by atoms with Crippen LogP contribution in [0.1, 0.15) is 11.1 Å². The number of ether oxygens (including phenoxy) is 2. The fourth-order valence-corrected chi connectivity index (χ4v) is 2.06. The van der Waals surface area contributed by atoms with Crippen LogP contribution < -0.4 is 14.9 Å². The molecule has 0 unspecified atom stereocenters. The molecule has 0 radical (unpaired) electrons. The minimum Gasteiger partial charge on any atom is -0.493 e. The minimum absolute atomic E-state index is 0.618. The summed E-state index contributed by atoms with van der Waals surface area (Å²) in [5, 5.41) is 4.20. The van der Waals surface area contributed by atoms with E-state index in [1.807, 2.05) is 42.5 Å². The summed E-state index contributed by atoms with van der Waals surface area (Å²) in [5.74, 6) is 1.44. The van der Waals surface area contributed by atoms with Crippen molar-refractivity contribution in [2.24, 2.45) is 5.10 Å². The highest BCUT2D eigenvalue weighted by atomic mass is 79.9. The van der Waals surface area contributed by atoms with Crippen molar-refractivity contribution in [1.29, 1.82) is 0 Å². The highest BCUT2D eigenvalue weighted by Gasteiger charge is 2.03. The zero-order valence-corrected chi connectivity index (χ0v) is 13.6. The number of hydrogen-bond acceptors (Lipinski definition) is 4. The predicted molar refractivity (Wildman–Crippen MR) is 88.1 cm³/mol. The lowest BCUT2D eigenvalue weighted by Crippen LogP contribution is -2.06. The maximum absolute atomic E-state index is 5.27. The number of methoxy groups -OCH3 is 2. The Labute approximate surface area is 132 Å². The smallest absolute Gasteiger partial charge is 0.161 e. The van der Waals surface area contributed by atoms with Gasteiger partial charge in [-0.2, -0.15) is 5.10 Å². The van der Waals surface area contributed by atoms with E-state index in [1.54, 1.807) is 20.4 Å². The van der Waals surface area contributed by atoms with Crippen molar-refractivity contribution in [3.8, 4) is 11.5 Å². The lowest BCUT2D eigenvalue weighted by molar-refractivity contribution is 0.354. The van der Waals surface area contributed by atoms with Crippen molar-refractivity contribution in [1.82, 2.24) is 5.43 Å². The van der Waals surface area contributed by atoms with Gasteiger partial charge < -0.3 is 14.9 Å². The van der Waals surface area contributed by atoms with Gasteiger partial charge in [0, 0.05) is 4.47 Å². The highest BCUT2D eigenvalue weighted by molar-refractivity contribution is 9.10. The molecule has 0 fully saturated rings. The third-order valence-corrected chi connectivity index (χ3v) is 3.43. The van der Waals surface area contributed by atoms with Crippen LogP contribution in [0.5, 0.6) is 11.5 Å². The third-order valence-electron chi connectivity index (χ3n) is 2.91. The molecule has 0 aliphatic carbocycles. The number of benzene rings is 2. The molecule has 0 heterocycles. The van der Waals surface area contributed by atoms with Crippen LogP contribution in [0.15, 0.2) is 52.0 Å². The van der Waals surface area contributed by atoms with E-state index in [2.05, 4.69) is 26.5 Å². The van der Waals surface area contributed by atoms with Crippen molar-refractivity contribution in [2.45, 2.75) is 6.54 Å². The van der Waals surface area contributed by atoms with E-state index >= 15 is 0 Å². The highest BCUT2D eigenvalue weighted by Crippen LogP contribution is 2.27. The molecular formula is C16H17BrN2O2. The van der Waals surface area contributed by atoms with E-state index in [4.69, 9.17) is 9.47 Å². The van der Waals surface area contributed by atoms with Crippen LogP contribution in [0.25, 0.3) is 0 Å². The van der Waals surface area contributed by atoms with Gasteiger partial charge in [-0.1, -0.05) is 34.1 Å². The number of hydrogen-bond donors (Lipinski definition) is 1. The van der Waals surface area contributed by atoms with Gasteiger partial charge in [0.1, 0.15) is 0 Å². The minimum atomic E-state index is 0.618. The molecule has 2 rings (SSSR count). The van der Waals surface area contributed by atoms with E-state index in [0.29, 0.717) is 12.3 Å². The molecule has 0 aromatic heterocycles. The number of nitrogens with one attached hydrogen (secondary N) is 1. The Morgan fingerprint density at radius 3 is 2.43 bits per heavy atom. The van der Waals surface area contributed by atoms with Gasteiger partial charge in [-0.25, -0.2) is 0 Å². The van der Waals surface area contributed by atoms with Crippen molar-refractivity contribution in [2.75, 3.05) is 14.2 Å². The van der Waals surface area contributed by atoms with Gasteiger partial charge in [-0.15, -0.1) is 0 Å². The summed E-state index contributed by atoms with van der Waals surface area (Å²) in [7, 11) is 3.25. The summed E-state index contributed by atoms with van der Waals surface area (Å²) < 4.78 is 11.5. The summed E-state index contributed by atoms with van der Waals surface area (Å²) >= 11 is 3.40. The maximum atomic E-state index is 5.27. The van der Waals surface area contributed by atoms with Gasteiger partial charge >= 0.3 is 0 Å². The van der Waals surface area contributed by atoms with Crippen molar-refractivity contribution in [3.05, 3.63) is 58.1 Å². The summed E-state index contributed by atoms with van der Waals surface area (Å²) in [6, 6.07) is 13.7. The Hall–Kier alpha value is -2.01. The lowest BCUT2D eigenvalue weighted by Gasteiger charge is -2.09. The van der Waals surface area contributed by atoms with Gasteiger partial charge in [0.15, 0.2) is 11.5 Å². The summed E-state index contributed by atoms with van der Waals surface area (Å²) in [5.41, 5.74) is 5.12. The Kier molecular flexibility index (Phi) is 5.63. The molecule has 0 saturated heterocycles. The summed E-state index contributed by atoms with van der Waals surface area (Å²) in [6.07, 6.45) is 1.78. The van der Waals surface area contributed by atoms with Crippen LogP contribution in [-0.2, 0) is 6.54 Å². The van der Waals surface area contributed by atoms with Gasteiger partial charge in [-0.05, 0) is 35.4 Å². The molecule has 2 aromatic rings. The fourth-order valence-electron chi connectivity index (χ4n) is 1.80. The molecule has 4 nitrogen and oxygen atoms in total. The molecule has 2 aromatic carbocycles. The van der Waals surface area contributed by atoms with Gasteiger partial charge in [0.25, 0.3) is 0 Å². The molecule has 21 heavy (non-hydrogen) atoms. The maximum Gasteiger partial charge on any atom is 0.161 e. The zero-order chi connectivity index (χ0) is 15.1. The van der Waals surface area contributed by atoms with Gasteiger partial charge in [0.2, 0.25) is 0 Å². The summed E-state index contributed by atoms with van der Waals surface area (Å²) in [6.45, 7) is 0.618. The van der Waals surface area contributed by atoms with E-state index in [0.717, 1.165) is 21.3 Å². The topological polar surface area (TPSA) is 42.8 Å². The van der Waals surface area contributed by atoms with E-state index in [9.17, 15) is 0 Å². The molecule has 110 valence electrons. The molecule has 0 amide bonds. The predicted octanol–water partition coefficient (Wildman–Crippen LogP) is 3.59. The van der Waals surface area contributed by atoms with Crippen LogP contribution in [0.3, 0.4) is 0 Å². The Morgan fingerprint density at radius 1 is 1.05 bits per heavy atom. The molecule has 0 bridgehead atoms. The molecule has 5 heteroatoms. The number of nitrogens with zero attached hydrogens (tertiary/aromatic N) is 1. The fraction of sp³-hybridized carbons (Fsp3) is 0.188. The first kappa shape index (κ1) is 15.4. The monoisotopic (exact) mass is 348 g/mol. The molecule has 0 atom stereocenters. The standard InChI is InChI=1S/C16H17BrN2O2/c1-20-15-8-5-13(9-16(15)21-2)11-19-18-10-12-3-6-14(17)7-4-12/h3-10,19H,11H2,1-2H3/b18-10-. The van der Waals surface area contributed by atoms with E-state index in [-0.39, 0.29) is 0 Å². The zero-order valence-electron chi connectivity index (χ0n) is 12.0. The van der Waals surface area contributed by atoms with Crippen LogP contribution in [0.4, 0.5) is 0 Å². The van der Waals surface area contributed by atoms with Crippen LogP contribution in [-0.4, -0.2) is 20.4 Å². The molecule has 0 saturated carbocycles. The first-order valence-electron chi connectivity index (χ1n) is 6.45.